The molecule has 15 heteroatoms. The number of nitrogens with zero attached hydrogens (tertiary/aromatic N) is 2. The van der Waals surface area contributed by atoms with Crippen LogP contribution in [0.15, 0.2) is 36.8 Å². The van der Waals surface area contributed by atoms with Gasteiger partial charge in [0.25, 0.3) is 0 Å². The van der Waals surface area contributed by atoms with Gasteiger partial charge in [0.1, 0.15) is 11.8 Å². The first-order chi connectivity index (χ1) is 21.4. The Hall–Kier alpha value is -4.30. The molecule has 2 heterocycles. The van der Waals surface area contributed by atoms with Crippen molar-refractivity contribution in [2.75, 3.05) is 20.2 Å². The molecule has 0 bridgehead atoms. The SMILES string of the molecule is COc1ccc(CC(NC(=O)NCCc2c[nH]cn2)C(=O)N2CCC(C(=O)O)CC2C2CCCCC2)cc1.O=C(O)C(F)(F)F. The van der Waals surface area contributed by atoms with Gasteiger partial charge >= 0.3 is 24.1 Å². The first-order valence-corrected chi connectivity index (χ1v) is 14.9. The normalized spacial score (nSPS) is 19.4. The summed E-state index contributed by atoms with van der Waals surface area (Å²) >= 11 is 0. The van der Waals surface area contributed by atoms with Crippen LogP contribution in [0.3, 0.4) is 0 Å². The largest absolute Gasteiger partial charge is 0.497 e. The smallest absolute Gasteiger partial charge is 0.490 e. The first kappa shape index (κ1) is 35.2. The van der Waals surface area contributed by atoms with Gasteiger partial charge in [-0.2, -0.15) is 13.2 Å². The highest BCUT2D eigenvalue weighted by atomic mass is 19.4. The number of piperidine rings is 1. The van der Waals surface area contributed by atoms with Crippen LogP contribution < -0.4 is 15.4 Å². The molecule has 0 radical (unpaired) electrons. The van der Waals surface area contributed by atoms with Gasteiger partial charge in [-0.15, -0.1) is 0 Å². The van der Waals surface area contributed by atoms with Crippen LogP contribution in [0.4, 0.5) is 18.0 Å². The number of carboxylic acids is 2. The number of ether oxygens (including phenoxy) is 1. The third kappa shape index (κ3) is 11.0. The Bertz CT molecular complexity index is 1250. The molecule has 12 nitrogen and oxygen atoms in total. The quantitative estimate of drug-likeness (QED) is 0.261. The number of aromatic amines is 1. The molecule has 2 fully saturated rings. The van der Waals surface area contributed by atoms with Gasteiger partial charge in [-0.05, 0) is 49.3 Å². The van der Waals surface area contributed by atoms with Gasteiger partial charge in [0.2, 0.25) is 5.91 Å². The molecule has 1 aromatic carbocycles. The maximum absolute atomic E-state index is 14.0. The number of carbonyl (C=O) groups excluding carboxylic acids is 2. The van der Waals surface area contributed by atoms with Crippen molar-refractivity contribution in [1.29, 1.82) is 0 Å². The number of amides is 3. The molecule has 1 aliphatic heterocycles. The lowest BCUT2D eigenvalue weighted by Gasteiger charge is -2.45. The van der Waals surface area contributed by atoms with Crippen LogP contribution in [-0.2, 0) is 27.2 Å². The van der Waals surface area contributed by atoms with Gasteiger partial charge in [0.15, 0.2) is 0 Å². The fourth-order valence-electron chi connectivity index (χ4n) is 5.80. The highest BCUT2D eigenvalue weighted by Crippen LogP contribution is 2.36. The van der Waals surface area contributed by atoms with E-state index in [0.717, 1.165) is 36.9 Å². The molecule has 3 unspecified atom stereocenters. The van der Waals surface area contributed by atoms with E-state index in [9.17, 15) is 32.7 Å². The Morgan fingerprint density at radius 1 is 1.09 bits per heavy atom. The fourth-order valence-corrected chi connectivity index (χ4v) is 5.80. The van der Waals surface area contributed by atoms with Crippen molar-refractivity contribution < 1.29 is 47.3 Å². The average molecular weight is 640 g/mol. The van der Waals surface area contributed by atoms with E-state index in [2.05, 4.69) is 20.6 Å². The number of halogens is 3. The Balaban J connectivity index is 0.000000707. The van der Waals surface area contributed by atoms with Crippen LogP contribution in [0.25, 0.3) is 0 Å². The minimum atomic E-state index is -5.08. The Kier molecular flexibility index (Phi) is 13.0. The van der Waals surface area contributed by atoms with Crippen molar-refractivity contribution in [2.45, 2.75) is 76.0 Å². The molecular weight excluding hydrogens is 599 g/mol. The van der Waals surface area contributed by atoms with Gasteiger partial charge in [-0.25, -0.2) is 14.6 Å². The van der Waals surface area contributed by atoms with Crippen LogP contribution in [0.5, 0.6) is 5.75 Å². The number of likely N-dealkylation sites (tertiary alicyclic amines) is 1. The van der Waals surface area contributed by atoms with Crippen LogP contribution in [0, 0.1) is 11.8 Å². The lowest BCUT2D eigenvalue weighted by atomic mass is 9.77. The summed E-state index contributed by atoms with van der Waals surface area (Å²) in [4.78, 5) is 56.6. The molecule has 2 aliphatic rings. The van der Waals surface area contributed by atoms with Crippen molar-refractivity contribution in [1.82, 2.24) is 25.5 Å². The van der Waals surface area contributed by atoms with E-state index in [1.165, 1.54) is 6.42 Å². The van der Waals surface area contributed by atoms with Crippen molar-refractivity contribution >= 4 is 23.9 Å². The highest BCUT2D eigenvalue weighted by molar-refractivity contribution is 5.88. The zero-order chi connectivity index (χ0) is 33.0. The van der Waals surface area contributed by atoms with E-state index in [4.69, 9.17) is 14.6 Å². The summed E-state index contributed by atoms with van der Waals surface area (Å²) < 4.78 is 37.0. The third-order valence-electron chi connectivity index (χ3n) is 8.14. The number of carbonyl (C=O) groups is 4. The van der Waals surface area contributed by atoms with E-state index in [1.807, 2.05) is 29.2 Å². The number of carboxylic acid groups (broad SMARTS) is 2. The van der Waals surface area contributed by atoms with E-state index in [0.29, 0.717) is 50.4 Å². The third-order valence-corrected chi connectivity index (χ3v) is 8.14. The van der Waals surface area contributed by atoms with Crippen LogP contribution in [0.1, 0.15) is 56.2 Å². The summed E-state index contributed by atoms with van der Waals surface area (Å²) in [7, 11) is 1.60. The number of benzene rings is 1. The summed E-state index contributed by atoms with van der Waals surface area (Å²) in [6.07, 6.45) is 5.48. The Morgan fingerprint density at radius 3 is 2.31 bits per heavy atom. The van der Waals surface area contributed by atoms with Gasteiger partial charge < -0.3 is 35.5 Å². The van der Waals surface area contributed by atoms with Crippen molar-refractivity contribution in [3.8, 4) is 5.75 Å². The lowest BCUT2D eigenvalue weighted by molar-refractivity contribution is -0.192. The summed E-state index contributed by atoms with van der Waals surface area (Å²) in [5.74, 6) is -3.13. The highest BCUT2D eigenvalue weighted by Gasteiger charge is 2.41. The molecule has 4 rings (SSSR count). The fraction of sp³-hybridized carbons (Fsp3) is 0.567. The number of urea groups is 1. The van der Waals surface area contributed by atoms with Gasteiger partial charge in [-0.1, -0.05) is 31.4 Å². The van der Waals surface area contributed by atoms with E-state index < -0.39 is 36.1 Å². The first-order valence-electron chi connectivity index (χ1n) is 14.9. The van der Waals surface area contributed by atoms with Gasteiger partial charge in [0, 0.05) is 38.2 Å². The Labute approximate surface area is 258 Å². The molecule has 3 amide bonds. The van der Waals surface area contributed by atoms with E-state index >= 15 is 0 Å². The van der Waals surface area contributed by atoms with E-state index in [-0.39, 0.29) is 11.9 Å². The summed E-state index contributed by atoms with van der Waals surface area (Å²) in [6.45, 7) is 0.771. The van der Waals surface area contributed by atoms with Gasteiger partial charge in [0.05, 0.1) is 25.0 Å². The second-order valence-electron chi connectivity index (χ2n) is 11.2. The Morgan fingerprint density at radius 2 is 1.76 bits per heavy atom. The van der Waals surface area contributed by atoms with Gasteiger partial charge in [-0.3, -0.25) is 9.59 Å². The second-order valence-corrected chi connectivity index (χ2v) is 11.2. The number of methoxy groups -OCH3 is 1. The number of hydrogen-bond acceptors (Lipinski definition) is 6. The van der Waals surface area contributed by atoms with Crippen LogP contribution in [0.2, 0.25) is 0 Å². The molecule has 1 aliphatic carbocycles. The number of alkyl halides is 3. The number of aliphatic carboxylic acids is 2. The van der Waals surface area contributed by atoms with E-state index in [1.54, 1.807) is 19.6 Å². The zero-order valence-corrected chi connectivity index (χ0v) is 25.0. The monoisotopic (exact) mass is 639 g/mol. The van der Waals surface area contributed by atoms with Crippen molar-refractivity contribution in [3.05, 3.63) is 48.0 Å². The predicted molar refractivity (Wildman–Crippen MR) is 155 cm³/mol. The summed E-state index contributed by atoms with van der Waals surface area (Å²) in [5, 5.41) is 22.6. The molecule has 1 saturated heterocycles. The predicted octanol–water partition coefficient (Wildman–Crippen LogP) is 3.78. The molecule has 2 aromatic rings. The minimum Gasteiger partial charge on any atom is -0.497 e. The molecular formula is C30H40F3N5O7. The summed E-state index contributed by atoms with van der Waals surface area (Å²) in [6, 6.07) is 6.15. The molecule has 3 atom stereocenters. The molecule has 248 valence electrons. The molecule has 0 spiro atoms. The molecule has 1 saturated carbocycles. The van der Waals surface area contributed by atoms with Crippen molar-refractivity contribution in [3.63, 3.8) is 0 Å². The number of imidazole rings is 1. The molecule has 1 aromatic heterocycles. The topological polar surface area (TPSA) is 174 Å². The standard InChI is InChI=1S/C28H39N5O5.C2HF3O2/c1-38-23-9-7-19(8-10-23)15-24(32-28(37)30-13-11-22-17-29-18-31-22)26(34)33-14-12-21(27(35)36)16-25(33)20-5-3-2-4-6-20;3-2(4,5)1(6)7/h7-10,17-18,20-21,24-25H,2-6,11-16H2,1H3,(H,29,31)(H,35,36)(H2,30,32,37);(H,6,7). The van der Waals surface area contributed by atoms with Crippen LogP contribution >= 0.6 is 0 Å². The zero-order valence-electron chi connectivity index (χ0n) is 25.0. The number of nitrogens with one attached hydrogen (secondary N) is 3. The maximum Gasteiger partial charge on any atom is 0.490 e. The lowest BCUT2D eigenvalue weighted by Crippen LogP contribution is -2.58. The number of hydrogen-bond donors (Lipinski definition) is 5. The van der Waals surface area contributed by atoms with Crippen molar-refractivity contribution in [2.24, 2.45) is 11.8 Å². The molecule has 5 N–H and O–H groups in total. The minimum absolute atomic E-state index is 0.124. The molecule has 45 heavy (non-hydrogen) atoms. The average Bonchev–Trinajstić information content (AvgIpc) is 3.54. The summed E-state index contributed by atoms with van der Waals surface area (Å²) in [5.41, 5.74) is 1.74. The second kappa shape index (κ2) is 16.7. The number of aromatic nitrogens is 2. The van der Waals surface area contributed by atoms with Crippen LogP contribution in [-0.4, -0.2) is 87.4 Å². The number of H-pyrrole nitrogens is 1. The number of rotatable bonds is 10. The maximum atomic E-state index is 14.0.